The van der Waals surface area contributed by atoms with Crippen molar-refractivity contribution in [1.82, 2.24) is 0 Å². The van der Waals surface area contributed by atoms with E-state index in [4.69, 9.17) is 16.0 Å². The molecule has 0 saturated carbocycles. The van der Waals surface area contributed by atoms with Gasteiger partial charge in [0.25, 0.3) is 0 Å². The van der Waals surface area contributed by atoms with Crippen LogP contribution >= 0.6 is 12.2 Å². The number of anilines is 1. The molecule has 0 aromatic heterocycles. The number of carbonyl (C=O) groups is 2. The van der Waals surface area contributed by atoms with Crippen molar-refractivity contribution in [2.45, 2.75) is 39.8 Å². The lowest BCUT2D eigenvalue weighted by Gasteiger charge is -2.14. The predicted octanol–water partition coefficient (Wildman–Crippen LogP) is 4.71. The number of carbonyl (C=O) groups excluding carboxylic acids is 1. The molecule has 0 aliphatic heterocycles. The Morgan fingerprint density at radius 3 is 2.23 bits per heavy atom. The minimum absolute atomic E-state index is 0.0449. The number of halogens is 4. The predicted molar refractivity (Wildman–Crippen MR) is 110 cm³/mol. The van der Waals surface area contributed by atoms with Gasteiger partial charge in [-0.3, -0.25) is 9.59 Å². The van der Waals surface area contributed by atoms with Crippen LogP contribution in [0.1, 0.15) is 46.5 Å². The van der Waals surface area contributed by atoms with Crippen LogP contribution in [0.25, 0.3) is 0 Å². The second-order valence-electron chi connectivity index (χ2n) is 6.47. The second-order valence-corrected chi connectivity index (χ2v) is 6.82. The molecule has 2 aromatic carbocycles. The molecule has 0 spiro atoms. The monoisotopic (exact) mass is 462 g/mol. The molecule has 170 valence electrons. The van der Waals surface area contributed by atoms with E-state index in [1.165, 1.54) is 19.9 Å². The van der Waals surface area contributed by atoms with Gasteiger partial charge in [-0.2, -0.15) is 13.2 Å². The molecule has 0 aliphatic carbocycles. The van der Waals surface area contributed by atoms with Crippen LogP contribution < -0.4 is 15.1 Å². The average Bonchev–Trinajstić information content (AvgIpc) is 2.59. The van der Waals surface area contributed by atoms with Crippen LogP contribution in [0.15, 0.2) is 24.3 Å². The van der Waals surface area contributed by atoms with Crippen LogP contribution in [-0.2, 0) is 23.8 Å². The number of ketones is 1. The Morgan fingerprint density at radius 1 is 1.19 bits per heavy atom. The van der Waals surface area contributed by atoms with Crippen molar-refractivity contribution < 1.29 is 36.4 Å². The zero-order valence-electron chi connectivity index (χ0n) is 17.0. The molecule has 6 nitrogen and oxygen atoms in total. The number of rotatable bonds is 6. The van der Waals surface area contributed by atoms with Crippen LogP contribution in [0.5, 0.6) is 5.75 Å². The SMILES string of the molecule is CC(=O)c1c(C)cc(CC(=O)O)cc1N.CCc1c(F)cc(OSN)cc1C(F)(F)F. The lowest BCUT2D eigenvalue weighted by molar-refractivity contribution is -0.138. The van der Waals surface area contributed by atoms with Crippen molar-refractivity contribution in [3.8, 4) is 5.75 Å². The number of aliphatic carboxylic acids is 1. The topological polar surface area (TPSA) is 116 Å². The van der Waals surface area contributed by atoms with E-state index in [0.29, 0.717) is 29.0 Å². The minimum atomic E-state index is -4.61. The number of benzene rings is 2. The molecular weight excluding hydrogens is 440 g/mol. The first-order valence-electron chi connectivity index (χ1n) is 8.86. The molecule has 5 N–H and O–H groups in total. The Bertz CT molecular complexity index is 942. The number of hydrogen-bond acceptors (Lipinski definition) is 6. The Morgan fingerprint density at radius 2 is 1.81 bits per heavy atom. The molecule has 0 radical (unpaired) electrons. The number of carboxylic acid groups (broad SMARTS) is 1. The van der Waals surface area contributed by atoms with E-state index in [9.17, 15) is 27.2 Å². The van der Waals surface area contributed by atoms with Gasteiger partial charge in [-0.25, -0.2) is 9.53 Å². The van der Waals surface area contributed by atoms with Crippen molar-refractivity contribution in [2.75, 3.05) is 5.73 Å². The number of aryl methyl sites for hydroxylation is 1. The maximum absolute atomic E-state index is 13.3. The molecular formula is C20H22F4N2O4S. The summed E-state index contributed by atoms with van der Waals surface area (Å²) >= 11 is 0.362. The number of nitrogen functional groups attached to an aromatic ring is 1. The third kappa shape index (κ3) is 7.44. The highest BCUT2D eigenvalue weighted by molar-refractivity contribution is 7.92. The first-order valence-corrected chi connectivity index (χ1v) is 9.66. The van der Waals surface area contributed by atoms with Crippen LogP contribution in [0.2, 0.25) is 0 Å². The highest BCUT2D eigenvalue weighted by Crippen LogP contribution is 2.36. The minimum Gasteiger partial charge on any atom is -0.481 e. The van der Waals surface area contributed by atoms with E-state index in [1.807, 2.05) is 0 Å². The van der Waals surface area contributed by atoms with E-state index < -0.39 is 23.5 Å². The smallest absolute Gasteiger partial charge is 0.416 e. The van der Waals surface area contributed by atoms with Gasteiger partial charge in [0.05, 0.1) is 12.0 Å². The van der Waals surface area contributed by atoms with Crippen molar-refractivity contribution >= 4 is 29.7 Å². The quantitative estimate of drug-likeness (QED) is 0.187. The first kappa shape index (κ1) is 26.2. The van der Waals surface area contributed by atoms with E-state index in [-0.39, 0.29) is 29.9 Å². The molecule has 0 heterocycles. The summed E-state index contributed by atoms with van der Waals surface area (Å²) in [6.07, 6.45) is -4.73. The molecule has 2 rings (SSSR count). The number of alkyl halides is 3. The number of Topliss-reactive ketones (excluding diaryl/α,β-unsaturated/α-hetero) is 1. The largest absolute Gasteiger partial charge is 0.481 e. The molecule has 0 atom stereocenters. The fourth-order valence-electron chi connectivity index (χ4n) is 2.98. The maximum atomic E-state index is 13.3. The van der Waals surface area contributed by atoms with E-state index in [2.05, 4.69) is 4.18 Å². The molecule has 2 aromatic rings. The number of hydrogen-bond donors (Lipinski definition) is 3. The summed E-state index contributed by atoms with van der Waals surface area (Å²) in [5, 5.41) is 13.6. The lowest BCUT2D eigenvalue weighted by Crippen LogP contribution is -2.11. The van der Waals surface area contributed by atoms with E-state index in [0.717, 1.165) is 17.7 Å². The summed E-state index contributed by atoms with van der Waals surface area (Å²) in [6.45, 7) is 4.64. The standard InChI is InChI=1S/C11H13NO3.C9H9F4NOS/c1-6-3-8(5-10(14)15)4-9(12)11(6)7(2)13;1-2-6-7(9(11,12)13)3-5(15-16-14)4-8(6)10/h3-4H,5,12H2,1-2H3,(H,14,15);3-4H,2,14H2,1H3. The van der Waals surface area contributed by atoms with Gasteiger partial charge in [0.2, 0.25) is 0 Å². The average molecular weight is 462 g/mol. The fraction of sp³-hybridized carbons (Fsp3) is 0.300. The summed E-state index contributed by atoms with van der Waals surface area (Å²) in [5.41, 5.74) is 6.44. The fourth-order valence-corrected chi connectivity index (χ4v) is 3.18. The maximum Gasteiger partial charge on any atom is 0.416 e. The summed E-state index contributed by atoms with van der Waals surface area (Å²) in [4.78, 5) is 21.7. The van der Waals surface area contributed by atoms with Crippen LogP contribution in [0, 0.1) is 12.7 Å². The normalized spacial score (nSPS) is 10.8. The van der Waals surface area contributed by atoms with Crippen molar-refractivity contribution in [3.05, 3.63) is 57.9 Å². The van der Waals surface area contributed by atoms with Crippen LogP contribution in [0.3, 0.4) is 0 Å². The molecule has 11 heteroatoms. The van der Waals surface area contributed by atoms with Crippen LogP contribution in [0.4, 0.5) is 23.2 Å². The van der Waals surface area contributed by atoms with Crippen molar-refractivity contribution in [3.63, 3.8) is 0 Å². The van der Waals surface area contributed by atoms with Gasteiger partial charge >= 0.3 is 12.1 Å². The molecule has 0 unspecified atom stereocenters. The van der Waals surface area contributed by atoms with Crippen molar-refractivity contribution in [2.24, 2.45) is 5.14 Å². The van der Waals surface area contributed by atoms with E-state index >= 15 is 0 Å². The van der Waals surface area contributed by atoms with E-state index in [1.54, 1.807) is 13.0 Å². The molecule has 0 fully saturated rings. The highest BCUT2D eigenvalue weighted by atomic mass is 32.2. The van der Waals surface area contributed by atoms with Gasteiger partial charge in [-0.1, -0.05) is 13.0 Å². The Kier molecular flexibility index (Phi) is 9.32. The lowest BCUT2D eigenvalue weighted by atomic mass is 9.99. The molecule has 0 bridgehead atoms. The summed E-state index contributed by atoms with van der Waals surface area (Å²) in [5.74, 6) is -2.22. The molecule has 0 amide bonds. The third-order valence-electron chi connectivity index (χ3n) is 4.11. The summed E-state index contributed by atoms with van der Waals surface area (Å²) in [7, 11) is 0. The number of nitrogens with two attached hydrogens (primary N) is 2. The van der Waals surface area contributed by atoms with Gasteiger partial charge in [-0.15, -0.1) is 0 Å². The molecule has 0 aliphatic rings. The van der Waals surface area contributed by atoms with Gasteiger partial charge < -0.3 is 15.0 Å². The van der Waals surface area contributed by atoms with Crippen LogP contribution in [-0.4, -0.2) is 16.9 Å². The van der Waals surface area contributed by atoms with Crippen molar-refractivity contribution in [1.29, 1.82) is 0 Å². The third-order valence-corrected chi connectivity index (χ3v) is 4.39. The number of carboxylic acids is 1. The second kappa shape index (κ2) is 11.0. The Balaban J connectivity index is 0.000000311. The zero-order valence-corrected chi connectivity index (χ0v) is 17.8. The zero-order chi connectivity index (χ0) is 23.9. The summed E-state index contributed by atoms with van der Waals surface area (Å²) < 4.78 is 55.6. The Hall–Kier alpha value is -2.79. The van der Waals surface area contributed by atoms with Gasteiger partial charge in [-0.05, 0) is 43.5 Å². The summed E-state index contributed by atoms with van der Waals surface area (Å²) in [6, 6.07) is 4.84. The van der Waals surface area contributed by atoms with Gasteiger partial charge in [0.15, 0.2) is 5.78 Å². The highest BCUT2D eigenvalue weighted by Gasteiger charge is 2.35. The Labute approximate surface area is 180 Å². The van der Waals surface area contributed by atoms with Gasteiger partial charge in [0.1, 0.15) is 23.8 Å². The first-order chi connectivity index (χ1) is 14.3. The molecule has 0 saturated heterocycles. The van der Waals surface area contributed by atoms with Gasteiger partial charge in [0, 0.05) is 22.9 Å². The molecule has 31 heavy (non-hydrogen) atoms.